The van der Waals surface area contributed by atoms with Crippen molar-refractivity contribution in [3.63, 3.8) is 0 Å². The van der Waals surface area contributed by atoms with Gasteiger partial charge in [0.2, 0.25) is 6.79 Å². The summed E-state index contributed by atoms with van der Waals surface area (Å²) in [4.78, 5) is 14.7. The molecule has 26 heavy (non-hydrogen) atoms. The lowest BCUT2D eigenvalue weighted by molar-refractivity contribution is 0.173. The minimum absolute atomic E-state index is 0.00941. The number of hydrogen-bond acceptors (Lipinski definition) is 4. The summed E-state index contributed by atoms with van der Waals surface area (Å²) in [6, 6.07) is 6.40. The van der Waals surface area contributed by atoms with Gasteiger partial charge in [0.25, 0.3) is 0 Å². The maximum atomic E-state index is 12.7. The van der Waals surface area contributed by atoms with Crippen LogP contribution in [0.4, 0.5) is 4.79 Å². The first kappa shape index (κ1) is 17.8. The monoisotopic (exact) mass is 376 g/mol. The van der Waals surface area contributed by atoms with Crippen LogP contribution < -0.4 is 14.8 Å². The molecule has 1 N–H and O–H groups in total. The van der Waals surface area contributed by atoms with Crippen LogP contribution >= 0.6 is 11.8 Å². The molecule has 1 aliphatic carbocycles. The Hall–Kier alpha value is -1.56. The van der Waals surface area contributed by atoms with Crippen molar-refractivity contribution < 1.29 is 14.3 Å². The van der Waals surface area contributed by atoms with Crippen LogP contribution in [0.2, 0.25) is 0 Å². The lowest BCUT2D eigenvalue weighted by atomic mass is 9.69. The molecule has 3 aliphatic rings. The van der Waals surface area contributed by atoms with Gasteiger partial charge in [-0.05, 0) is 42.7 Å². The highest BCUT2D eigenvalue weighted by Crippen LogP contribution is 2.43. The summed E-state index contributed by atoms with van der Waals surface area (Å²) in [7, 11) is 0. The third-order valence-corrected chi connectivity index (χ3v) is 6.93. The SMILES string of the molecule is O=C(NCC1(c2ccc3c(c2)OCO3)CCCCC1)N1CCCSCC1. The van der Waals surface area contributed by atoms with E-state index in [9.17, 15) is 4.79 Å². The zero-order valence-corrected chi connectivity index (χ0v) is 16.1. The molecule has 4 rings (SSSR count). The first-order chi connectivity index (χ1) is 12.8. The number of amides is 2. The van der Waals surface area contributed by atoms with E-state index >= 15 is 0 Å². The van der Waals surface area contributed by atoms with E-state index in [2.05, 4.69) is 17.4 Å². The summed E-state index contributed by atoms with van der Waals surface area (Å²) in [5.41, 5.74) is 1.28. The number of rotatable bonds is 3. The zero-order valence-electron chi connectivity index (χ0n) is 15.3. The van der Waals surface area contributed by atoms with Crippen LogP contribution in [0.3, 0.4) is 0 Å². The third kappa shape index (κ3) is 3.75. The van der Waals surface area contributed by atoms with Gasteiger partial charge in [0.1, 0.15) is 0 Å². The van der Waals surface area contributed by atoms with Crippen LogP contribution in [0.5, 0.6) is 11.5 Å². The first-order valence-electron chi connectivity index (χ1n) is 9.78. The molecule has 2 aliphatic heterocycles. The molecule has 2 heterocycles. The van der Waals surface area contributed by atoms with Gasteiger partial charge in [0.15, 0.2) is 11.5 Å². The van der Waals surface area contributed by atoms with Gasteiger partial charge in [0, 0.05) is 30.8 Å². The van der Waals surface area contributed by atoms with Gasteiger partial charge >= 0.3 is 6.03 Å². The van der Waals surface area contributed by atoms with Gasteiger partial charge < -0.3 is 19.7 Å². The van der Waals surface area contributed by atoms with E-state index in [0.717, 1.165) is 55.4 Å². The van der Waals surface area contributed by atoms with Gasteiger partial charge in [-0.3, -0.25) is 0 Å². The van der Waals surface area contributed by atoms with Gasteiger partial charge in [-0.2, -0.15) is 11.8 Å². The van der Waals surface area contributed by atoms with Crippen molar-refractivity contribution >= 4 is 17.8 Å². The van der Waals surface area contributed by atoms with Crippen molar-refractivity contribution in [3.8, 4) is 11.5 Å². The Morgan fingerprint density at radius 1 is 1.08 bits per heavy atom. The Morgan fingerprint density at radius 2 is 1.92 bits per heavy atom. The van der Waals surface area contributed by atoms with E-state index in [1.165, 1.54) is 24.8 Å². The van der Waals surface area contributed by atoms with E-state index in [0.29, 0.717) is 13.3 Å². The van der Waals surface area contributed by atoms with E-state index < -0.39 is 0 Å². The van der Waals surface area contributed by atoms with Gasteiger partial charge in [-0.15, -0.1) is 0 Å². The van der Waals surface area contributed by atoms with Crippen molar-refractivity contribution in [2.24, 2.45) is 0 Å². The van der Waals surface area contributed by atoms with Crippen molar-refractivity contribution in [2.45, 2.75) is 43.9 Å². The molecule has 2 fully saturated rings. The highest BCUT2D eigenvalue weighted by atomic mass is 32.2. The summed E-state index contributed by atoms with van der Waals surface area (Å²) >= 11 is 1.94. The molecule has 1 saturated heterocycles. The minimum Gasteiger partial charge on any atom is -0.454 e. The van der Waals surface area contributed by atoms with Crippen LogP contribution in [0.1, 0.15) is 44.1 Å². The molecule has 1 saturated carbocycles. The molecule has 1 aromatic rings. The largest absolute Gasteiger partial charge is 0.454 e. The number of hydrogen-bond donors (Lipinski definition) is 1. The number of carbonyl (C=O) groups excluding carboxylic acids is 1. The predicted octanol–water partition coefficient (Wildman–Crippen LogP) is 3.77. The number of nitrogens with zero attached hydrogens (tertiary/aromatic N) is 1. The first-order valence-corrected chi connectivity index (χ1v) is 10.9. The summed E-state index contributed by atoms with van der Waals surface area (Å²) < 4.78 is 11.1. The Balaban J connectivity index is 1.48. The second-order valence-corrected chi connectivity index (χ2v) is 8.75. The highest BCUT2D eigenvalue weighted by Gasteiger charge is 2.36. The fourth-order valence-corrected chi connectivity index (χ4v) is 5.22. The molecule has 6 heteroatoms. The van der Waals surface area contributed by atoms with Crippen molar-refractivity contribution in [3.05, 3.63) is 23.8 Å². The molecule has 0 radical (unpaired) electrons. The van der Waals surface area contributed by atoms with Gasteiger partial charge in [-0.1, -0.05) is 25.3 Å². The Kier molecular flexibility index (Phi) is 5.48. The fraction of sp³-hybridized carbons (Fsp3) is 0.650. The summed E-state index contributed by atoms with van der Waals surface area (Å²) in [5.74, 6) is 3.86. The molecular weight excluding hydrogens is 348 g/mol. The maximum Gasteiger partial charge on any atom is 0.317 e. The Bertz CT molecular complexity index is 638. The predicted molar refractivity (Wildman–Crippen MR) is 104 cm³/mol. The van der Waals surface area contributed by atoms with E-state index in [1.54, 1.807) is 0 Å². The Morgan fingerprint density at radius 3 is 2.81 bits per heavy atom. The van der Waals surface area contributed by atoms with Crippen LogP contribution in [0.15, 0.2) is 18.2 Å². The van der Waals surface area contributed by atoms with Crippen molar-refractivity contribution in [1.29, 1.82) is 0 Å². The Labute approximate surface area is 159 Å². The van der Waals surface area contributed by atoms with E-state index in [1.807, 2.05) is 22.7 Å². The molecule has 142 valence electrons. The number of fused-ring (bicyclic) bond motifs is 1. The molecule has 5 nitrogen and oxygen atoms in total. The number of carbonyl (C=O) groups is 1. The third-order valence-electron chi connectivity index (χ3n) is 5.88. The second-order valence-electron chi connectivity index (χ2n) is 7.52. The van der Waals surface area contributed by atoms with Gasteiger partial charge in [-0.25, -0.2) is 4.79 Å². The second kappa shape index (κ2) is 7.99. The highest BCUT2D eigenvalue weighted by molar-refractivity contribution is 7.99. The normalized spacial score (nSPS) is 21.9. The lowest BCUT2D eigenvalue weighted by Crippen LogP contribution is -2.47. The van der Waals surface area contributed by atoms with Crippen molar-refractivity contribution in [2.75, 3.05) is 37.9 Å². The van der Waals surface area contributed by atoms with E-state index in [-0.39, 0.29) is 11.4 Å². The fourth-order valence-electron chi connectivity index (χ4n) is 4.33. The molecule has 0 aromatic heterocycles. The number of benzene rings is 1. The average molecular weight is 377 g/mol. The summed E-state index contributed by atoms with van der Waals surface area (Å²) in [6.45, 7) is 2.73. The minimum atomic E-state index is 0.00941. The molecule has 0 unspecified atom stereocenters. The van der Waals surface area contributed by atoms with Crippen molar-refractivity contribution in [1.82, 2.24) is 10.2 Å². The molecule has 0 bridgehead atoms. The molecule has 1 aromatic carbocycles. The maximum absolute atomic E-state index is 12.7. The summed E-state index contributed by atoms with van der Waals surface area (Å²) in [6.07, 6.45) is 7.02. The lowest BCUT2D eigenvalue weighted by Gasteiger charge is -2.38. The van der Waals surface area contributed by atoms with Gasteiger partial charge in [0.05, 0.1) is 0 Å². The molecule has 0 spiro atoms. The van der Waals surface area contributed by atoms with Crippen LogP contribution in [-0.4, -0.2) is 48.9 Å². The number of nitrogens with one attached hydrogen (secondary N) is 1. The van der Waals surface area contributed by atoms with Crippen LogP contribution in [0.25, 0.3) is 0 Å². The molecule has 2 amide bonds. The summed E-state index contributed by atoms with van der Waals surface area (Å²) in [5, 5.41) is 3.26. The van der Waals surface area contributed by atoms with Crippen LogP contribution in [-0.2, 0) is 5.41 Å². The van der Waals surface area contributed by atoms with Crippen LogP contribution in [0, 0.1) is 0 Å². The molecule has 0 atom stereocenters. The topological polar surface area (TPSA) is 50.8 Å². The van der Waals surface area contributed by atoms with E-state index in [4.69, 9.17) is 9.47 Å². The standard InChI is InChI=1S/C20H28N2O3S/c23-19(22-9-4-11-26-12-10-22)21-14-20(7-2-1-3-8-20)16-5-6-17-18(13-16)25-15-24-17/h5-6,13H,1-4,7-12,14-15H2,(H,21,23). The smallest absolute Gasteiger partial charge is 0.317 e. The number of ether oxygens (including phenoxy) is 2. The number of urea groups is 1. The number of thioether (sulfide) groups is 1. The molecular formula is C20H28N2O3S. The zero-order chi connectivity index (χ0) is 17.8. The average Bonchev–Trinajstić information content (AvgIpc) is 2.98. The quantitative estimate of drug-likeness (QED) is 0.873.